The largest absolute Gasteiger partial charge is 0.479 e. The summed E-state index contributed by atoms with van der Waals surface area (Å²) in [7, 11) is 0. The van der Waals surface area contributed by atoms with Gasteiger partial charge in [-0.1, -0.05) is 25.5 Å². The number of hydrogen-bond acceptors (Lipinski definition) is 5. The molecule has 7 heteroatoms. The van der Waals surface area contributed by atoms with Gasteiger partial charge in [-0.15, -0.1) is 0 Å². The van der Waals surface area contributed by atoms with Gasteiger partial charge in [-0.25, -0.2) is 9.18 Å². The Morgan fingerprint density at radius 2 is 1.97 bits per heavy atom. The quantitative estimate of drug-likeness (QED) is 0.554. The molecule has 9 atom stereocenters. The van der Waals surface area contributed by atoms with Crippen molar-refractivity contribution in [3.8, 4) is 0 Å². The summed E-state index contributed by atoms with van der Waals surface area (Å²) in [6.45, 7) is 5.05. The maximum atomic E-state index is 16.9. The molecular weight excluding hydrogens is 379 g/mol. The second-order valence-corrected chi connectivity index (χ2v) is 9.97. The fourth-order valence-electron chi connectivity index (χ4n) is 7.35. The number of ketones is 1. The predicted molar refractivity (Wildman–Crippen MR) is 101 cm³/mol. The summed E-state index contributed by atoms with van der Waals surface area (Å²) in [6.07, 6.45) is 1.94. The van der Waals surface area contributed by atoms with E-state index in [0.29, 0.717) is 24.8 Å². The van der Waals surface area contributed by atoms with E-state index < -0.39 is 58.0 Å². The van der Waals surface area contributed by atoms with E-state index in [-0.39, 0.29) is 12.2 Å². The Labute approximate surface area is 169 Å². The zero-order valence-corrected chi connectivity index (χ0v) is 16.9. The van der Waals surface area contributed by atoms with Crippen molar-refractivity contribution in [2.24, 2.45) is 28.6 Å². The van der Waals surface area contributed by atoms with Crippen molar-refractivity contribution in [1.82, 2.24) is 0 Å². The highest BCUT2D eigenvalue weighted by molar-refractivity contribution is 6.01. The van der Waals surface area contributed by atoms with Gasteiger partial charge in [0.1, 0.15) is 5.60 Å². The Morgan fingerprint density at radius 3 is 2.59 bits per heavy atom. The molecule has 0 radical (unpaired) electrons. The van der Waals surface area contributed by atoms with Crippen molar-refractivity contribution >= 4 is 11.8 Å². The number of aliphatic hydroxyl groups is 3. The Balaban J connectivity index is 1.83. The second kappa shape index (κ2) is 5.99. The topological polar surface area (TPSA) is 115 Å². The van der Waals surface area contributed by atoms with Crippen molar-refractivity contribution in [2.45, 2.75) is 69.9 Å². The summed E-state index contributed by atoms with van der Waals surface area (Å²) in [5.41, 5.74) is -5.65. The van der Waals surface area contributed by atoms with Gasteiger partial charge in [0.05, 0.1) is 6.10 Å². The fourth-order valence-corrected chi connectivity index (χ4v) is 7.35. The Hall–Kier alpha value is -1.57. The zero-order valence-electron chi connectivity index (χ0n) is 16.9. The smallest absolute Gasteiger partial charge is 0.335 e. The van der Waals surface area contributed by atoms with Crippen LogP contribution < -0.4 is 0 Å². The van der Waals surface area contributed by atoms with Crippen LogP contribution in [0.25, 0.3) is 0 Å². The minimum Gasteiger partial charge on any atom is -0.479 e. The van der Waals surface area contributed by atoms with Gasteiger partial charge in [0, 0.05) is 16.7 Å². The summed E-state index contributed by atoms with van der Waals surface area (Å²) in [5, 5.41) is 42.4. The molecule has 6 nitrogen and oxygen atoms in total. The number of hydrogen-bond donors (Lipinski definition) is 4. The minimum absolute atomic E-state index is 0.166. The molecular formula is C22H29FO6. The SMILES string of the molecule is CC1C[C@H]2[C@@H]3CCC4=CC(=O)C=C[C@]4(C)[C@@]3(F)C(O)C[C@]2(C)[C@@]1(O)[C@@H](O)C(=O)O. The molecule has 3 fully saturated rings. The number of fused-ring (bicyclic) bond motifs is 5. The van der Waals surface area contributed by atoms with E-state index in [1.165, 1.54) is 12.2 Å². The van der Waals surface area contributed by atoms with Crippen molar-refractivity contribution in [2.75, 3.05) is 0 Å². The number of alkyl halides is 1. The van der Waals surface area contributed by atoms with Crippen LogP contribution in [0.1, 0.15) is 46.5 Å². The molecule has 0 saturated heterocycles. The number of carbonyl (C=O) groups is 2. The van der Waals surface area contributed by atoms with E-state index in [2.05, 4.69) is 0 Å². The lowest BCUT2D eigenvalue weighted by Crippen LogP contribution is -2.70. The van der Waals surface area contributed by atoms with Crippen molar-refractivity contribution < 1.29 is 34.4 Å². The van der Waals surface area contributed by atoms with Gasteiger partial charge in [0.25, 0.3) is 0 Å². The van der Waals surface area contributed by atoms with E-state index >= 15 is 4.39 Å². The Bertz CT molecular complexity index is 837. The van der Waals surface area contributed by atoms with Crippen LogP contribution in [0.4, 0.5) is 4.39 Å². The van der Waals surface area contributed by atoms with E-state index in [4.69, 9.17) is 0 Å². The lowest BCUT2D eigenvalue weighted by atomic mass is 9.44. The standard InChI is InChI=1S/C22H29FO6/c1-11-8-15-14-5-4-12-9-13(24)6-7-19(12,2)21(14,23)16(25)10-20(15,3)22(11,29)17(26)18(27)28/h6-7,9,11,14-17,25-26,29H,4-5,8,10H2,1-3H3,(H,27,28)/t11?,14-,15-,16?,17-,19-,20-,21-,22-/m0/s1. The minimum atomic E-state index is -2.04. The van der Waals surface area contributed by atoms with Gasteiger partial charge in [-0.2, -0.15) is 0 Å². The van der Waals surface area contributed by atoms with Crippen molar-refractivity contribution in [3.05, 3.63) is 23.8 Å². The van der Waals surface area contributed by atoms with Crippen LogP contribution in [-0.2, 0) is 9.59 Å². The van der Waals surface area contributed by atoms with E-state index in [1.807, 2.05) is 0 Å². The molecule has 160 valence electrons. The van der Waals surface area contributed by atoms with Crippen LogP contribution in [0.5, 0.6) is 0 Å². The second-order valence-electron chi connectivity index (χ2n) is 9.97. The first-order chi connectivity index (χ1) is 13.3. The average Bonchev–Trinajstić information content (AvgIpc) is 2.84. The van der Waals surface area contributed by atoms with Crippen LogP contribution in [-0.4, -0.2) is 55.7 Å². The van der Waals surface area contributed by atoms with Crippen molar-refractivity contribution in [3.63, 3.8) is 0 Å². The number of halogens is 1. The normalized spacial score (nSPS) is 52.2. The highest BCUT2D eigenvalue weighted by Crippen LogP contribution is 2.71. The first kappa shape index (κ1) is 20.7. The number of allylic oxidation sites excluding steroid dienone is 4. The number of carbonyl (C=O) groups excluding carboxylic acids is 1. The van der Waals surface area contributed by atoms with Gasteiger partial charge < -0.3 is 20.4 Å². The van der Waals surface area contributed by atoms with Gasteiger partial charge in [0.2, 0.25) is 0 Å². The lowest BCUT2D eigenvalue weighted by Gasteiger charge is -2.63. The van der Waals surface area contributed by atoms with Gasteiger partial charge in [-0.05, 0) is 56.6 Å². The summed E-state index contributed by atoms with van der Waals surface area (Å²) >= 11 is 0. The zero-order chi connectivity index (χ0) is 21.6. The molecule has 0 amide bonds. The van der Waals surface area contributed by atoms with Gasteiger partial charge in [0.15, 0.2) is 17.6 Å². The molecule has 0 heterocycles. The first-order valence-electron chi connectivity index (χ1n) is 10.3. The molecule has 4 rings (SSSR count). The van der Waals surface area contributed by atoms with Crippen LogP contribution in [0.15, 0.2) is 23.8 Å². The highest BCUT2D eigenvalue weighted by atomic mass is 19.1. The highest BCUT2D eigenvalue weighted by Gasteiger charge is 2.75. The maximum Gasteiger partial charge on any atom is 0.335 e. The van der Waals surface area contributed by atoms with Crippen LogP contribution in [0, 0.1) is 28.6 Å². The average molecular weight is 408 g/mol. The fraction of sp³-hybridized carbons (Fsp3) is 0.727. The molecule has 0 aromatic rings. The number of aliphatic hydroxyl groups excluding tert-OH is 2. The van der Waals surface area contributed by atoms with Gasteiger partial charge in [-0.3, -0.25) is 4.79 Å². The molecule has 3 saturated carbocycles. The summed E-state index contributed by atoms with van der Waals surface area (Å²) in [4.78, 5) is 23.4. The van der Waals surface area contributed by atoms with Gasteiger partial charge >= 0.3 is 5.97 Å². The summed E-state index contributed by atoms with van der Waals surface area (Å²) in [6, 6.07) is 0. The third-order valence-electron chi connectivity index (χ3n) is 8.96. The molecule has 4 aliphatic rings. The van der Waals surface area contributed by atoms with Crippen molar-refractivity contribution in [1.29, 1.82) is 0 Å². The van der Waals surface area contributed by atoms with E-state index in [0.717, 1.165) is 0 Å². The lowest BCUT2D eigenvalue weighted by molar-refractivity contribution is -0.240. The molecule has 0 aliphatic heterocycles. The van der Waals surface area contributed by atoms with Crippen LogP contribution in [0.2, 0.25) is 0 Å². The number of rotatable bonds is 2. The first-order valence-corrected chi connectivity index (χ1v) is 10.3. The van der Waals surface area contributed by atoms with E-state index in [1.54, 1.807) is 26.8 Å². The molecule has 0 bridgehead atoms. The monoisotopic (exact) mass is 408 g/mol. The van der Waals surface area contributed by atoms with E-state index in [9.17, 15) is 30.0 Å². The predicted octanol–water partition coefficient (Wildman–Crippen LogP) is 1.78. The van der Waals surface area contributed by atoms with Crippen LogP contribution in [0.3, 0.4) is 0 Å². The molecule has 0 aromatic heterocycles. The molecule has 2 unspecified atom stereocenters. The number of aliphatic carboxylic acids is 1. The number of carboxylic acid groups (broad SMARTS) is 1. The maximum absolute atomic E-state index is 16.9. The molecule has 4 aliphatic carbocycles. The number of carboxylic acids is 1. The Kier molecular flexibility index (Phi) is 4.27. The molecule has 29 heavy (non-hydrogen) atoms. The third-order valence-corrected chi connectivity index (χ3v) is 8.96. The molecule has 0 spiro atoms. The molecule has 0 aromatic carbocycles. The van der Waals surface area contributed by atoms with Crippen LogP contribution >= 0.6 is 0 Å². The summed E-state index contributed by atoms with van der Waals surface area (Å²) in [5.74, 6) is -3.33. The Morgan fingerprint density at radius 1 is 1.31 bits per heavy atom. The summed E-state index contributed by atoms with van der Waals surface area (Å²) < 4.78 is 16.9. The third kappa shape index (κ3) is 2.21. The molecule has 4 N–H and O–H groups in total.